The summed E-state index contributed by atoms with van der Waals surface area (Å²) < 4.78 is 5.96. The SMILES string of the molecule is C=CCNC(=O)Cn1nc(-c2cccs2)oc1=O. The molecule has 1 N–H and O–H groups in total. The van der Waals surface area contributed by atoms with Crippen molar-refractivity contribution >= 4 is 17.2 Å². The fourth-order valence-electron chi connectivity index (χ4n) is 1.28. The zero-order chi connectivity index (χ0) is 13.0. The topological polar surface area (TPSA) is 77.1 Å². The minimum absolute atomic E-state index is 0.165. The average Bonchev–Trinajstić information content (AvgIpc) is 2.97. The van der Waals surface area contributed by atoms with Crippen molar-refractivity contribution in [3.63, 3.8) is 0 Å². The van der Waals surface area contributed by atoms with Crippen LogP contribution in [0, 0.1) is 0 Å². The number of carbonyl (C=O) groups excluding carboxylic acids is 1. The van der Waals surface area contributed by atoms with Gasteiger partial charge in [0, 0.05) is 6.54 Å². The lowest BCUT2D eigenvalue weighted by Gasteiger charge is -1.99. The molecule has 0 fully saturated rings. The maximum atomic E-state index is 11.5. The molecule has 94 valence electrons. The molecule has 0 aromatic carbocycles. The fraction of sp³-hybridized carbons (Fsp3) is 0.182. The van der Waals surface area contributed by atoms with Crippen LogP contribution in [-0.4, -0.2) is 22.2 Å². The predicted molar refractivity (Wildman–Crippen MR) is 67.3 cm³/mol. The summed E-state index contributed by atoms with van der Waals surface area (Å²) in [6, 6.07) is 3.62. The molecule has 0 aliphatic heterocycles. The number of thiophene rings is 1. The van der Waals surface area contributed by atoms with Gasteiger partial charge in [0.25, 0.3) is 5.89 Å². The van der Waals surface area contributed by atoms with Crippen LogP contribution in [0.1, 0.15) is 0 Å². The van der Waals surface area contributed by atoms with Crippen molar-refractivity contribution < 1.29 is 9.21 Å². The molecule has 2 heterocycles. The Bertz CT molecular complexity index is 597. The minimum atomic E-state index is -0.646. The van der Waals surface area contributed by atoms with Crippen LogP contribution in [0.25, 0.3) is 10.8 Å². The predicted octanol–water partition coefficient (Wildman–Crippen LogP) is 0.867. The molecule has 0 aliphatic carbocycles. The van der Waals surface area contributed by atoms with Gasteiger partial charge in [0.2, 0.25) is 5.91 Å². The van der Waals surface area contributed by atoms with E-state index in [0.717, 1.165) is 9.56 Å². The van der Waals surface area contributed by atoms with Crippen LogP contribution in [0.4, 0.5) is 0 Å². The quantitative estimate of drug-likeness (QED) is 0.814. The molecule has 2 rings (SSSR count). The molecular formula is C11H11N3O3S. The monoisotopic (exact) mass is 265 g/mol. The largest absolute Gasteiger partial charge is 0.437 e. The van der Waals surface area contributed by atoms with Crippen LogP contribution in [-0.2, 0) is 11.3 Å². The summed E-state index contributed by atoms with van der Waals surface area (Å²) in [5.41, 5.74) is 0. The number of nitrogens with one attached hydrogen (secondary N) is 1. The molecule has 6 nitrogen and oxygen atoms in total. The summed E-state index contributed by atoms with van der Waals surface area (Å²) in [5, 5.41) is 8.37. The summed E-state index contributed by atoms with van der Waals surface area (Å²) in [7, 11) is 0. The maximum absolute atomic E-state index is 11.5. The standard InChI is InChI=1S/C11H11N3O3S/c1-2-5-12-9(15)7-14-11(16)17-10(13-14)8-4-3-6-18-8/h2-4,6H,1,5,7H2,(H,12,15). The van der Waals surface area contributed by atoms with E-state index in [1.165, 1.54) is 11.3 Å². The average molecular weight is 265 g/mol. The smallest absolute Gasteiger partial charge is 0.387 e. The van der Waals surface area contributed by atoms with Crippen molar-refractivity contribution in [2.45, 2.75) is 6.54 Å². The van der Waals surface area contributed by atoms with E-state index in [-0.39, 0.29) is 18.3 Å². The second kappa shape index (κ2) is 5.46. The number of nitrogens with zero attached hydrogens (tertiary/aromatic N) is 2. The number of aromatic nitrogens is 2. The maximum Gasteiger partial charge on any atom is 0.437 e. The first-order valence-corrected chi connectivity index (χ1v) is 6.08. The van der Waals surface area contributed by atoms with Crippen molar-refractivity contribution in [2.24, 2.45) is 0 Å². The van der Waals surface area contributed by atoms with Crippen molar-refractivity contribution in [1.29, 1.82) is 0 Å². The molecule has 0 saturated heterocycles. The number of hydrogen-bond donors (Lipinski definition) is 1. The van der Waals surface area contributed by atoms with Gasteiger partial charge in [0.1, 0.15) is 6.54 Å². The van der Waals surface area contributed by atoms with Gasteiger partial charge in [-0.25, -0.2) is 4.79 Å². The first-order valence-electron chi connectivity index (χ1n) is 5.20. The Hall–Kier alpha value is -2.15. The van der Waals surface area contributed by atoms with Crippen LogP contribution in [0.2, 0.25) is 0 Å². The van der Waals surface area contributed by atoms with E-state index in [1.54, 1.807) is 12.1 Å². The molecule has 1 amide bonds. The molecule has 7 heteroatoms. The van der Waals surface area contributed by atoms with Gasteiger partial charge in [0.05, 0.1) is 4.88 Å². The highest BCUT2D eigenvalue weighted by Gasteiger charge is 2.13. The highest BCUT2D eigenvalue weighted by atomic mass is 32.1. The number of hydrogen-bond acceptors (Lipinski definition) is 5. The molecular weight excluding hydrogens is 254 g/mol. The zero-order valence-corrected chi connectivity index (χ0v) is 10.3. The molecule has 0 radical (unpaired) electrons. The lowest BCUT2D eigenvalue weighted by molar-refractivity contribution is -0.121. The Balaban J connectivity index is 2.13. The number of carbonyl (C=O) groups is 1. The van der Waals surface area contributed by atoms with Crippen LogP contribution in [0.5, 0.6) is 0 Å². The van der Waals surface area contributed by atoms with E-state index in [1.807, 2.05) is 11.4 Å². The lowest BCUT2D eigenvalue weighted by atomic mass is 10.5. The highest BCUT2D eigenvalue weighted by Crippen LogP contribution is 2.20. The molecule has 2 aromatic rings. The lowest BCUT2D eigenvalue weighted by Crippen LogP contribution is -2.31. The molecule has 0 saturated carbocycles. The van der Waals surface area contributed by atoms with Crippen molar-refractivity contribution in [3.8, 4) is 10.8 Å². The Morgan fingerprint density at radius 1 is 1.67 bits per heavy atom. The molecule has 0 bridgehead atoms. The van der Waals surface area contributed by atoms with Gasteiger partial charge in [-0.05, 0) is 11.4 Å². The third-order valence-corrected chi connectivity index (χ3v) is 2.93. The van der Waals surface area contributed by atoms with E-state index in [2.05, 4.69) is 17.0 Å². The van der Waals surface area contributed by atoms with Gasteiger partial charge in [-0.15, -0.1) is 23.0 Å². The van der Waals surface area contributed by atoms with E-state index in [0.29, 0.717) is 6.54 Å². The third kappa shape index (κ3) is 2.75. The second-order valence-electron chi connectivity index (χ2n) is 3.40. The van der Waals surface area contributed by atoms with Gasteiger partial charge in [-0.2, -0.15) is 4.68 Å². The normalized spacial score (nSPS) is 10.2. The first kappa shape index (κ1) is 12.3. The second-order valence-corrected chi connectivity index (χ2v) is 4.35. The van der Waals surface area contributed by atoms with Gasteiger partial charge in [-0.1, -0.05) is 12.1 Å². The summed E-state index contributed by atoms with van der Waals surface area (Å²) in [6.45, 7) is 3.66. The van der Waals surface area contributed by atoms with Crippen molar-refractivity contribution in [1.82, 2.24) is 15.1 Å². The molecule has 0 spiro atoms. The minimum Gasteiger partial charge on any atom is -0.387 e. The summed E-state index contributed by atoms with van der Waals surface area (Å²) in [6.07, 6.45) is 1.56. The van der Waals surface area contributed by atoms with Crippen LogP contribution in [0.15, 0.2) is 39.4 Å². The van der Waals surface area contributed by atoms with E-state index in [9.17, 15) is 9.59 Å². The summed E-state index contributed by atoms with van der Waals surface area (Å²) >= 11 is 1.41. The Morgan fingerprint density at radius 2 is 2.50 bits per heavy atom. The molecule has 18 heavy (non-hydrogen) atoms. The van der Waals surface area contributed by atoms with Crippen molar-refractivity contribution in [2.75, 3.05) is 6.54 Å². The third-order valence-electron chi connectivity index (χ3n) is 2.08. The van der Waals surface area contributed by atoms with E-state index in [4.69, 9.17) is 4.42 Å². The molecule has 0 atom stereocenters. The Labute approximate surface area is 107 Å². The Morgan fingerprint density at radius 3 is 3.17 bits per heavy atom. The van der Waals surface area contributed by atoms with E-state index >= 15 is 0 Å². The Kier molecular flexibility index (Phi) is 3.73. The van der Waals surface area contributed by atoms with Crippen LogP contribution in [0.3, 0.4) is 0 Å². The number of rotatable bonds is 5. The van der Waals surface area contributed by atoms with Crippen LogP contribution < -0.4 is 11.1 Å². The number of amides is 1. The summed E-state index contributed by atoms with van der Waals surface area (Å²) in [4.78, 5) is 23.7. The summed E-state index contributed by atoms with van der Waals surface area (Å²) in [5.74, 6) is -0.735. The molecule has 2 aromatic heterocycles. The molecule has 0 unspecified atom stereocenters. The zero-order valence-electron chi connectivity index (χ0n) is 9.46. The van der Waals surface area contributed by atoms with Gasteiger partial charge < -0.3 is 9.73 Å². The van der Waals surface area contributed by atoms with E-state index < -0.39 is 5.76 Å². The van der Waals surface area contributed by atoms with Gasteiger partial charge in [-0.3, -0.25) is 4.79 Å². The van der Waals surface area contributed by atoms with Gasteiger partial charge >= 0.3 is 5.76 Å². The van der Waals surface area contributed by atoms with Gasteiger partial charge in [0.15, 0.2) is 0 Å². The fourth-order valence-corrected chi connectivity index (χ4v) is 1.93. The molecule has 0 aliphatic rings. The first-order chi connectivity index (χ1) is 8.70. The highest BCUT2D eigenvalue weighted by molar-refractivity contribution is 7.13. The van der Waals surface area contributed by atoms with Crippen molar-refractivity contribution in [3.05, 3.63) is 40.7 Å². The van der Waals surface area contributed by atoms with Crippen LogP contribution >= 0.6 is 11.3 Å².